The van der Waals surface area contributed by atoms with E-state index in [0.29, 0.717) is 6.04 Å². The summed E-state index contributed by atoms with van der Waals surface area (Å²) in [7, 11) is 4.60. The molecule has 0 aliphatic carbocycles. The van der Waals surface area contributed by atoms with Gasteiger partial charge in [-0.3, -0.25) is 4.90 Å². The summed E-state index contributed by atoms with van der Waals surface area (Å²) in [4.78, 5) is 5.09. The summed E-state index contributed by atoms with van der Waals surface area (Å²) >= 11 is 0. The van der Waals surface area contributed by atoms with Crippen LogP contribution in [0.3, 0.4) is 0 Å². The minimum atomic E-state index is 0.417. The molecular weight excluding hydrogens is 532 g/mol. The Morgan fingerprint density at radius 3 is 2.11 bits per heavy atom. The molecule has 4 aromatic carbocycles. The molecule has 0 saturated heterocycles. The number of benzene rings is 4. The first-order valence-electron chi connectivity index (χ1n) is 17.2. The Hall–Kier alpha value is -3.20. The van der Waals surface area contributed by atoms with Crippen LogP contribution in [-0.2, 0) is 57.9 Å². The molecule has 0 fully saturated rings. The van der Waals surface area contributed by atoms with Gasteiger partial charge >= 0.3 is 0 Å². The summed E-state index contributed by atoms with van der Waals surface area (Å²) in [6, 6.07) is 26.8. The topological polar surface area (TPSA) is 6.48 Å². The fraction of sp³-hybridized carbons (Fsp3) is 0.429. The maximum atomic E-state index is 2.59. The van der Waals surface area contributed by atoms with Gasteiger partial charge in [-0.15, -0.1) is 0 Å². The van der Waals surface area contributed by atoms with Crippen LogP contribution in [0.4, 0.5) is 0 Å². The lowest BCUT2D eigenvalue weighted by Crippen LogP contribution is -2.33. The van der Waals surface area contributed by atoms with Crippen molar-refractivity contribution >= 4 is 0 Å². The zero-order chi connectivity index (χ0) is 30.8. The second kappa shape index (κ2) is 13.4. The van der Waals surface area contributed by atoms with Crippen molar-refractivity contribution in [2.24, 2.45) is 0 Å². The van der Waals surface area contributed by atoms with Crippen LogP contribution in [0.1, 0.15) is 99.1 Å². The highest BCUT2D eigenvalue weighted by molar-refractivity contribution is 5.50. The van der Waals surface area contributed by atoms with Gasteiger partial charge in [0.15, 0.2) is 0 Å². The lowest BCUT2D eigenvalue weighted by molar-refractivity contribution is 0.229. The number of hydrogen-bond donors (Lipinski definition) is 0. The van der Waals surface area contributed by atoms with Gasteiger partial charge in [-0.25, -0.2) is 0 Å². The van der Waals surface area contributed by atoms with E-state index in [1.165, 1.54) is 46.3 Å². The number of likely N-dealkylation sites (N-methyl/N-ethyl adjacent to an activating group) is 2. The van der Waals surface area contributed by atoms with Gasteiger partial charge in [-0.05, 0) is 139 Å². The fourth-order valence-corrected chi connectivity index (χ4v) is 7.96. The molecule has 0 N–H and O–H groups in total. The molecule has 1 atom stereocenters. The first kappa shape index (κ1) is 30.8. The zero-order valence-electron chi connectivity index (χ0n) is 28.1. The molecule has 0 radical (unpaired) electrons. The molecule has 0 spiro atoms. The van der Waals surface area contributed by atoms with Crippen LogP contribution in [0.25, 0.3) is 0 Å². The van der Waals surface area contributed by atoms with Gasteiger partial charge in [-0.2, -0.15) is 0 Å². The molecule has 0 amide bonds. The van der Waals surface area contributed by atoms with E-state index in [0.717, 1.165) is 58.0 Å². The van der Waals surface area contributed by atoms with Crippen LogP contribution in [0, 0.1) is 6.92 Å². The van der Waals surface area contributed by atoms with Gasteiger partial charge in [0.2, 0.25) is 0 Å². The van der Waals surface area contributed by atoms with Crippen LogP contribution in [-0.4, -0.2) is 37.0 Å². The van der Waals surface area contributed by atoms with E-state index >= 15 is 0 Å². The Balaban J connectivity index is 1.26. The Labute approximate surface area is 267 Å². The third-order valence-electron chi connectivity index (χ3n) is 10.6. The third kappa shape index (κ3) is 6.44. The monoisotopic (exact) mass is 584 g/mol. The molecule has 0 bridgehead atoms. The first-order chi connectivity index (χ1) is 21.4. The highest BCUT2D eigenvalue weighted by Gasteiger charge is 2.26. The minimum Gasteiger partial charge on any atom is -0.302 e. The van der Waals surface area contributed by atoms with E-state index in [1.54, 1.807) is 38.9 Å². The van der Waals surface area contributed by atoms with E-state index in [9.17, 15) is 0 Å². The van der Waals surface area contributed by atoms with Crippen molar-refractivity contribution < 1.29 is 0 Å². The Bertz CT molecular complexity index is 1610. The van der Waals surface area contributed by atoms with Gasteiger partial charge < -0.3 is 4.90 Å². The lowest BCUT2D eigenvalue weighted by atomic mass is 9.82. The first-order valence-corrected chi connectivity index (χ1v) is 17.2. The standard InChI is InChI=1S/C42H52N2/c1-7-33-16-10-29(4)22-37(33)23-30-11-13-31(14-12-30)26-42-39-24-32(15-17-35(39)19-21-44(42)6)25-40-38(9-3)34(8-2)27-36-18-20-43(5)28-41(36)40/h10-17,22,24,27,42H,7-9,18-21,23,25-26,28H2,1-6H3. The van der Waals surface area contributed by atoms with Gasteiger partial charge in [0.1, 0.15) is 0 Å². The highest BCUT2D eigenvalue weighted by atomic mass is 15.1. The van der Waals surface area contributed by atoms with Gasteiger partial charge in [0, 0.05) is 25.7 Å². The molecule has 0 aromatic heterocycles. The minimum absolute atomic E-state index is 0.417. The molecule has 44 heavy (non-hydrogen) atoms. The van der Waals surface area contributed by atoms with Crippen molar-refractivity contribution in [2.75, 3.05) is 27.2 Å². The molecule has 6 rings (SSSR count). The molecule has 0 saturated carbocycles. The maximum Gasteiger partial charge on any atom is 0.0388 e. The van der Waals surface area contributed by atoms with Gasteiger partial charge in [0.25, 0.3) is 0 Å². The molecule has 230 valence electrons. The smallest absolute Gasteiger partial charge is 0.0388 e. The highest BCUT2D eigenvalue weighted by Crippen LogP contribution is 2.35. The average Bonchev–Trinajstić information content (AvgIpc) is 3.03. The average molecular weight is 585 g/mol. The predicted molar refractivity (Wildman–Crippen MR) is 187 cm³/mol. The van der Waals surface area contributed by atoms with Crippen molar-refractivity contribution in [3.8, 4) is 0 Å². The summed E-state index contributed by atoms with van der Waals surface area (Å²) in [5.74, 6) is 0. The molecule has 1 unspecified atom stereocenters. The Kier molecular flexibility index (Phi) is 9.40. The quantitative estimate of drug-likeness (QED) is 0.194. The number of nitrogens with zero attached hydrogens (tertiary/aromatic N) is 2. The number of hydrogen-bond acceptors (Lipinski definition) is 2. The second-order valence-corrected chi connectivity index (χ2v) is 13.6. The van der Waals surface area contributed by atoms with Gasteiger partial charge in [0.05, 0.1) is 0 Å². The van der Waals surface area contributed by atoms with Crippen molar-refractivity contribution in [1.29, 1.82) is 0 Å². The number of rotatable bonds is 9. The van der Waals surface area contributed by atoms with Crippen molar-refractivity contribution in [3.05, 3.63) is 139 Å². The summed E-state index contributed by atoms with van der Waals surface area (Å²) in [6.45, 7) is 12.5. The van der Waals surface area contributed by atoms with Crippen LogP contribution < -0.4 is 0 Å². The van der Waals surface area contributed by atoms with E-state index in [1.807, 2.05) is 0 Å². The number of fused-ring (bicyclic) bond motifs is 2. The SMILES string of the molecule is CCc1ccc(C)cc1Cc1ccc(CC2c3cc(Cc4c(CC)c(CC)cc5c4CN(C)CC5)ccc3CCN2C)cc1. The Morgan fingerprint density at radius 1 is 0.636 bits per heavy atom. The van der Waals surface area contributed by atoms with E-state index < -0.39 is 0 Å². The molecule has 2 heterocycles. The van der Waals surface area contributed by atoms with E-state index in [-0.39, 0.29) is 0 Å². The molecule has 2 heteroatoms. The predicted octanol–water partition coefficient (Wildman–Crippen LogP) is 8.62. The third-order valence-corrected chi connectivity index (χ3v) is 10.6. The fourth-order valence-electron chi connectivity index (χ4n) is 7.96. The second-order valence-electron chi connectivity index (χ2n) is 13.6. The molecule has 2 nitrogen and oxygen atoms in total. The molecular formula is C42H52N2. The summed E-state index contributed by atoms with van der Waals surface area (Å²) < 4.78 is 0. The van der Waals surface area contributed by atoms with Gasteiger partial charge in [-0.1, -0.05) is 93.1 Å². The van der Waals surface area contributed by atoms with Crippen LogP contribution in [0.2, 0.25) is 0 Å². The van der Waals surface area contributed by atoms with Crippen molar-refractivity contribution in [2.45, 2.75) is 91.6 Å². The van der Waals surface area contributed by atoms with Crippen LogP contribution in [0.15, 0.2) is 66.7 Å². The van der Waals surface area contributed by atoms with Crippen LogP contribution >= 0.6 is 0 Å². The maximum absolute atomic E-state index is 2.59. The molecule has 2 aliphatic rings. The van der Waals surface area contributed by atoms with Crippen LogP contribution in [0.5, 0.6) is 0 Å². The largest absolute Gasteiger partial charge is 0.302 e. The summed E-state index contributed by atoms with van der Waals surface area (Å²) in [5, 5.41) is 0. The molecule has 2 aliphatic heterocycles. The Morgan fingerprint density at radius 2 is 1.36 bits per heavy atom. The summed E-state index contributed by atoms with van der Waals surface area (Å²) in [5.41, 5.74) is 19.7. The summed E-state index contributed by atoms with van der Waals surface area (Å²) in [6.07, 6.45) is 8.77. The van der Waals surface area contributed by atoms with Crippen molar-refractivity contribution in [3.63, 3.8) is 0 Å². The lowest BCUT2D eigenvalue weighted by Gasteiger charge is -2.35. The van der Waals surface area contributed by atoms with Crippen molar-refractivity contribution in [1.82, 2.24) is 9.80 Å². The molecule has 4 aromatic rings. The zero-order valence-corrected chi connectivity index (χ0v) is 28.1. The number of aryl methyl sites for hydroxylation is 3. The van der Waals surface area contributed by atoms with E-state index in [2.05, 4.69) is 118 Å². The van der Waals surface area contributed by atoms with E-state index in [4.69, 9.17) is 0 Å². The normalized spacial score (nSPS) is 17.0.